The quantitative estimate of drug-likeness (QED) is 0.428. The lowest BCUT2D eigenvalue weighted by Crippen LogP contribution is -2.36. The summed E-state index contributed by atoms with van der Waals surface area (Å²) in [5.74, 6) is 5.07. The minimum atomic E-state index is -0.685. The van der Waals surface area contributed by atoms with E-state index >= 15 is 0 Å². The van der Waals surface area contributed by atoms with Gasteiger partial charge in [0.2, 0.25) is 0 Å². The molecule has 0 saturated heterocycles. The summed E-state index contributed by atoms with van der Waals surface area (Å²) in [4.78, 5) is 10.1. The second-order valence-electron chi connectivity index (χ2n) is 1.92. The molecule has 0 saturated carbocycles. The Bertz CT molecular complexity index is 254. The van der Waals surface area contributed by atoms with Crippen molar-refractivity contribution in [3.8, 4) is 0 Å². The summed E-state index contributed by atoms with van der Waals surface area (Å²) in [6.07, 6.45) is 0. The van der Waals surface area contributed by atoms with Gasteiger partial charge in [-0.05, 0) is 17.3 Å². The molecule has 2 N–H and O–H groups in total. The topological polar surface area (TPSA) is 72.4 Å². The van der Waals surface area contributed by atoms with Crippen molar-refractivity contribution < 1.29 is 5.03 Å². The molecule has 0 bridgehead atoms. The zero-order valence-corrected chi connectivity index (χ0v) is 6.90. The lowest BCUT2D eigenvalue weighted by atomic mass is 10.3. The highest BCUT2D eigenvalue weighted by atomic mass is 35.5. The van der Waals surface area contributed by atoms with E-state index in [1.165, 1.54) is 0 Å². The molecule has 0 spiro atoms. The summed E-state index contributed by atoms with van der Waals surface area (Å²) in [5.41, 5.74) is 0.359. The Morgan fingerprint density at radius 2 is 1.83 bits per heavy atom. The predicted molar refractivity (Wildman–Crippen MR) is 47.4 cm³/mol. The average molecular weight is 190 g/mol. The maximum atomic E-state index is 10.1. The highest BCUT2D eigenvalue weighted by molar-refractivity contribution is 5.85. The van der Waals surface area contributed by atoms with Gasteiger partial charge in [0.1, 0.15) is 5.69 Å². The number of nitrogens with zero attached hydrogens (tertiary/aromatic N) is 2. The first-order valence-corrected chi connectivity index (χ1v) is 2.96. The Hall–Kier alpha value is -1.33. The van der Waals surface area contributed by atoms with E-state index in [9.17, 15) is 10.1 Å². The standard InChI is InChI=1S/C6H7N3O2.ClH/c7-8(9(10)11)6-4-2-1-3-5-6;/h1-5H,7H2;1H. The molecule has 0 unspecified atom stereocenters. The van der Waals surface area contributed by atoms with Gasteiger partial charge < -0.3 is 0 Å². The fraction of sp³-hybridized carbons (Fsp3) is 0. The third kappa shape index (κ3) is 2.37. The van der Waals surface area contributed by atoms with Gasteiger partial charge in [-0.1, -0.05) is 18.2 Å². The number of halogens is 1. The first-order chi connectivity index (χ1) is 5.22. The summed E-state index contributed by atoms with van der Waals surface area (Å²) in [7, 11) is 0. The molecule has 66 valence electrons. The minimum Gasteiger partial charge on any atom is -0.233 e. The summed E-state index contributed by atoms with van der Waals surface area (Å²) in [5, 5.41) is 9.89. The zero-order chi connectivity index (χ0) is 8.27. The number of para-hydroxylation sites is 1. The maximum absolute atomic E-state index is 10.1. The Morgan fingerprint density at radius 1 is 1.33 bits per heavy atom. The van der Waals surface area contributed by atoms with E-state index in [0.29, 0.717) is 10.8 Å². The summed E-state index contributed by atoms with van der Waals surface area (Å²) < 4.78 is 0. The van der Waals surface area contributed by atoms with Crippen LogP contribution in [0.1, 0.15) is 0 Å². The molecule has 0 atom stereocenters. The molecule has 0 radical (unpaired) electrons. The molecule has 6 heteroatoms. The summed E-state index contributed by atoms with van der Waals surface area (Å²) in [6.45, 7) is 0. The Labute approximate surface area is 75.3 Å². The van der Waals surface area contributed by atoms with Crippen LogP contribution >= 0.6 is 12.4 Å². The monoisotopic (exact) mass is 189 g/mol. The van der Waals surface area contributed by atoms with Gasteiger partial charge >= 0.3 is 0 Å². The van der Waals surface area contributed by atoms with Gasteiger partial charge in [-0.15, -0.1) is 12.4 Å². The highest BCUT2D eigenvalue weighted by Gasteiger charge is 2.09. The van der Waals surface area contributed by atoms with Crippen LogP contribution in [0.4, 0.5) is 5.69 Å². The Morgan fingerprint density at radius 3 is 2.25 bits per heavy atom. The number of hydrogen-bond donors (Lipinski definition) is 1. The SMILES string of the molecule is Cl.NN(c1ccccc1)[N+](=O)[O-]. The van der Waals surface area contributed by atoms with Crippen LogP contribution in [-0.4, -0.2) is 5.03 Å². The van der Waals surface area contributed by atoms with E-state index < -0.39 is 5.03 Å². The van der Waals surface area contributed by atoms with Gasteiger partial charge in [0.15, 0.2) is 5.03 Å². The fourth-order valence-electron chi connectivity index (χ4n) is 0.675. The van der Waals surface area contributed by atoms with Gasteiger partial charge in [-0.3, -0.25) is 0 Å². The second kappa shape index (κ2) is 4.53. The molecule has 1 aromatic carbocycles. The molecule has 0 heterocycles. The smallest absolute Gasteiger partial charge is 0.181 e. The maximum Gasteiger partial charge on any atom is 0.181 e. The molecule has 5 nitrogen and oxygen atoms in total. The van der Waals surface area contributed by atoms with Crippen LogP contribution in [0, 0.1) is 10.1 Å². The normalized spacial score (nSPS) is 8.42. The van der Waals surface area contributed by atoms with Crippen molar-refractivity contribution in [1.82, 2.24) is 0 Å². The van der Waals surface area contributed by atoms with Crippen LogP contribution in [0.15, 0.2) is 30.3 Å². The van der Waals surface area contributed by atoms with Crippen LogP contribution in [0.25, 0.3) is 0 Å². The fourth-order valence-corrected chi connectivity index (χ4v) is 0.675. The number of hydrogen-bond acceptors (Lipinski definition) is 3. The van der Waals surface area contributed by atoms with Crippen molar-refractivity contribution in [1.29, 1.82) is 0 Å². The summed E-state index contributed by atoms with van der Waals surface area (Å²) >= 11 is 0. The zero-order valence-electron chi connectivity index (χ0n) is 6.08. The molecule has 0 aliphatic carbocycles. The molecule has 0 aromatic heterocycles. The van der Waals surface area contributed by atoms with Gasteiger partial charge in [0.05, 0.1) is 0 Å². The highest BCUT2D eigenvalue weighted by Crippen LogP contribution is 2.07. The van der Waals surface area contributed by atoms with Crippen molar-refractivity contribution >= 4 is 18.1 Å². The largest absolute Gasteiger partial charge is 0.233 e. The lowest BCUT2D eigenvalue weighted by molar-refractivity contribution is -0.496. The molecule has 12 heavy (non-hydrogen) atoms. The predicted octanol–water partition coefficient (Wildman–Crippen LogP) is 0.980. The van der Waals surface area contributed by atoms with Gasteiger partial charge in [0.25, 0.3) is 0 Å². The molecular formula is C6H8ClN3O2. The van der Waals surface area contributed by atoms with E-state index in [4.69, 9.17) is 5.84 Å². The minimum absolute atomic E-state index is 0. The van der Waals surface area contributed by atoms with Crippen LogP contribution in [0.5, 0.6) is 0 Å². The van der Waals surface area contributed by atoms with E-state index in [0.717, 1.165) is 0 Å². The average Bonchev–Trinajstić information content (AvgIpc) is 2.05. The van der Waals surface area contributed by atoms with E-state index in [1.807, 2.05) is 0 Å². The molecule has 0 aliphatic heterocycles. The molecule has 1 aromatic rings. The molecule has 1 rings (SSSR count). The van der Waals surface area contributed by atoms with E-state index in [1.54, 1.807) is 30.3 Å². The van der Waals surface area contributed by atoms with Gasteiger partial charge in [0, 0.05) is 0 Å². The first-order valence-electron chi connectivity index (χ1n) is 2.96. The van der Waals surface area contributed by atoms with Crippen LogP contribution in [0.2, 0.25) is 0 Å². The summed E-state index contributed by atoms with van der Waals surface area (Å²) in [6, 6.07) is 8.24. The number of rotatable bonds is 2. The van der Waals surface area contributed by atoms with Crippen LogP contribution < -0.4 is 11.0 Å². The van der Waals surface area contributed by atoms with Crippen molar-refractivity contribution in [2.24, 2.45) is 5.84 Å². The van der Waals surface area contributed by atoms with Crippen molar-refractivity contribution in [2.75, 3.05) is 5.12 Å². The number of nitrogens with two attached hydrogens (primary N) is 1. The van der Waals surface area contributed by atoms with Crippen LogP contribution in [0.3, 0.4) is 0 Å². The third-order valence-corrected chi connectivity index (χ3v) is 1.20. The van der Waals surface area contributed by atoms with Crippen molar-refractivity contribution in [3.63, 3.8) is 0 Å². The molecule has 0 aliphatic rings. The van der Waals surface area contributed by atoms with Crippen LogP contribution in [-0.2, 0) is 0 Å². The van der Waals surface area contributed by atoms with Gasteiger partial charge in [-0.25, -0.2) is 10.1 Å². The first kappa shape index (κ1) is 10.7. The lowest BCUT2D eigenvalue weighted by Gasteiger charge is -2.05. The number of hydrazine groups is 2. The number of benzene rings is 1. The number of anilines is 1. The van der Waals surface area contributed by atoms with E-state index in [-0.39, 0.29) is 12.4 Å². The Kier molecular flexibility index (Phi) is 4.03. The molecule has 0 amide bonds. The third-order valence-electron chi connectivity index (χ3n) is 1.20. The number of nitro groups is 1. The van der Waals surface area contributed by atoms with Crippen molar-refractivity contribution in [2.45, 2.75) is 0 Å². The molecular weight excluding hydrogens is 182 g/mol. The van der Waals surface area contributed by atoms with Gasteiger partial charge in [-0.2, -0.15) is 5.84 Å². The molecule has 0 fully saturated rings. The Balaban J connectivity index is 0.00000121. The van der Waals surface area contributed by atoms with E-state index in [2.05, 4.69) is 0 Å². The van der Waals surface area contributed by atoms with Crippen molar-refractivity contribution in [3.05, 3.63) is 40.4 Å². The second-order valence-corrected chi connectivity index (χ2v) is 1.92.